The van der Waals surface area contributed by atoms with E-state index in [1.54, 1.807) is 13.4 Å². The monoisotopic (exact) mass is 564 g/mol. The first-order valence-corrected chi connectivity index (χ1v) is 13.6. The van der Waals surface area contributed by atoms with Gasteiger partial charge in [-0.05, 0) is 50.0 Å². The van der Waals surface area contributed by atoms with Crippen molar-refractivity contribution >= 4 is 39.9 Å². The quantitative estimate of drug-likeness (QED) is 0.343. The van der Waals surface area contributed by atoms with Crippen LogP contribution in [0.25, 0.3) is 0 Å². The third kappa shape index (κ3) is 5.44. The van der Waals surface area contributed by atoms with Gasteiger partial charge < -0.3 is 20.7 Å². The molecule has 11 nitrogen and oxygen atoms in total. The molecule has 3 N–H and O–H groups in total. The number of amides is 2. The Kier molecular flexibility index (Phi) is 6.69. The zero-order chi connectivity index (χ0) is 27.3. The lowest BCUT2D eigenvalue weighted by Gasteiger charge is -2.25. The molecule has 0 aliphatic heterocycles. The number of aromatic nitrogens is 5. The topological polar surface area (TPSA) is 128 Å². The molecule has 0 aromatic carbocycles. The maximum absolute atomic E-state index is 13.5. The summed E-state index contributed by atoms with van der Waals surface area (Å²) in [5.74, 6) is -0.300. The van der Waals surface area contributed by atoms with Gasteiger partial charge in [0, 0.05) is 30.6 Å². The van der Waals surface area contributed by atoms with Crippen molar-refractivity contribution < 1.29 is 27.5 Å². The smallest absolute Gasteiger partial charge is 0.388 e. The number of thiophene rings is 1. The maximum Gasteiger partial charge on any atom is 0.388 e. The summed E-state index contributed by atoms with van der Waals surface area (Å²) in [5.41, 5.74) is 1.29. The van der Waals surface area contributed by atoms with Gasteiger partial charge in [0.2, 0.25) is 17.7 Å². The maximum atomic E-state index is 13.5. The van der Waals surface area contributed by atoms with Crippen molar-refractivity contribution in [3.8, 4) is 5.88 Å². The van der Waals surface area contributed by atoms with E-state index >= 15 is 0 Å². The number of hydrogen-bond acceptors (Lipinski definition) is 8. The Balaban J connectivity index is 1.24. The van der Waals surface area contributed by atoms with E-state index in [1.165, 1.54) is 22.1 Å². The number of hydrogen-bond donors (Lipinski definition) is 3. The van der Waals surface area contributed by atoms with Gasteiger partial charge in [-0.2, -0.15) is 8.78 Å². The number of carbonyl (C=O) groups excluding carboxylic acids is 2. The Bertz CT molecular complexity index is 1400. The third-order valence-electron chi connectivity index (χ3n) is 7.27. The van der Waals surface area contributed by atoms with Crippen molar-refractivity contribution in [2.75, 3.05) is 17.2 Å². The molecule has 208 valence electrons. The Morgan fingerprint density at radius 2 is 2.08 bits per heavy atom. The molecule has 0 saturated heterocycles. The highest BCUT2D eigenvalue weighted by molar-refractivity contribution is 7.17. The molecule has 2 saturated carbocycles. The Morgan fingerprint density at radius 1 is 1.28 bits per heavy atom. The Hall–Kier alpha value is -3.62. The molecule has 0 bridgehead atoms. The number of alkyl halides is 3. The summed E-state index contributed by atoms with van der Waals surface area (Å²) in [5, 5.41) is 21.4. The molecule has 0 spiro atoms. The van der Waals surface area contributed by atoms with Crippen LogP contribution in [0.1, 0.15) is 52.5 Å². The van der Waals surface area contributed by atoms with Crippen LogP contribution >= 0.6 is 11.3 Å². The SMILES string of the molecule is Cn1nc(OC(F)F)cc1Nc1nncn1C1CCc2sc(NC(=O)[C@H]3C[C@@H]3F)c(C(=O)NCC3CC3)c2C1. The van der Waals surface area contributed by atoms with Gasteiger partial charge in [-0.1, -0.05) is 0 Å². The highest BCUT2D eigenvalue weighted by Gasteiger charge is 2.44. The lowest BCUT2D eigenvalue weighted by atomic mass is 9.91. The van der Waals surface area contributed by atoms with Crippen molar-refractivity contribution in [2.45, 2.75) is 57.3 Å². The molecule has 6 rings (SSSR count). The molecule has 3 heterocycles. The fourth-order valence-electron chi connectivity index (χ4n) is 4.84. The molecule has 39 heavy (non-hydrogen) atoms. The van der Waals surface area contributed by atoms with Crippen LogP contribution in [0.15, 0.2) is 12.4 Å². The molecule has 1 unspecified atom stereocenters. The van der Waals surface area contributed by atoms with E-state index in [4.69, 9.17) is 0 Å². The van der Waals surface area contributed by atoms with Crippen LogP contribution in [-0.4, -0.2) is 55.7 Å². The van der Waals surface area contributed by atoms with Crippen molar-refractivity contribution in [3.63, 3.8) is 0 Å². The molecule has 0 radical (unpaired) electrons. The first-order valence-electron chi connectivity index (χ1n) is 12.8. The summed E-state index contributed by atoms with van der Waals surface area (Å²) in [6.07, 6.45) is 4.69. The average Bonchev–Trinajstić information content (AvgIpc) is 3.73. The minimum Gasteiger partial charge on any atom is -0.415 e. The van der Waals surface area contributed by atoms with E-state index in [2.05, 4.69) is 36.0 Å². The number of rotatable bonds is 10. The average molecular weight is 565 g/mol. The van der Waals surface area contributed by atoms with Gasteiger partial charge in [-0.25, -0.2) is 9.07 Å². The largest absolute Gasteiger partial charge is 0.415 e. The minimum absolute atomic E-state index is 0.119. The van der Waals surface area contributed by atoms with E-state index in [1.807, 2.05) is 4.57 Å². The van der Waals surface area contributed by atoms with Crippen LogP contribution in [-0.2, 0) is 24.7 Å². The van der Waals surface area contributed by atoms with Gasteiger partial charge in [0.15, 0.2) is 0 Å². The van der Waals surface area contributed by atoms with Gasteiger partial charge in [-0.15, -0.1) is 26.6 Å². The second-order valence-electron chi connectivity index (χ2n) is 10.2. The normalized spacial score (nSPS) is 21.9. The van der Waals surface area contributed by atoms with Crippen molar-refractivity contribution in [2.24, 2.45) is 18.9 Å². The summed E-state index contributed by atoms with van der Waals surface area (Å²) < 4.78 is 46.3. The molecule has 3 aromatic rings. The summed E-state index contributed by atoms with van der Waals surface area (Å²) >= 11 is 1.37. The second-order valence-corrected chi connectivity index (χ2v) is 11.3. The van der Waals surface area contributed by atoms with Gasteiger partial charge in [0.05, 0.1) is 11.5 Å². The number of nitrogens with zero attached hydrogens (tertiary/aromatic N) is 5. The third-order valence-corrected chi connectivity index (χ3v) is 8.48. The van der Waals surface area contributed by atoms with E-state index in [0.29, 0.717) is 47.6 Å². The number of fused-ring (bicyclic) bond motifs is 1. The number of ether oxygens (including phenoxy) is 1. The molecule has 3 aliphatic carbocycles. The number of carbonyl (C=O) groups is 2. The summed E-state index contributed by atoms with van der Waals surface area (Å²) in [6.45, 7) is -2.41. The number of aryl methyl sites for hydroxylation is 2. The number of nitrogens with one attached hydrogen (secondary N) is 3. The zero-order valence-corrected chi connectivity index (χ0v) is 21.8. The predicted molar refractivity (Wildman–Crippen MR) is 135 cm³/mol. The second kappa shape index (κ2) is 10.2. The zero-order valence-electron chi connectivity index (χ0n) is 21.0. The Labute approximate surface area is 225 Å². The highest BCUT2D eigenvalue weighted by Crippen LogP contribution is 2.43. The standard InChI is InChI=1S/C24H27F3N8O3S/c1-34-17(8-18(33-34)38-23(26)27)30-24-32-29-10-35(24)12-4-5-16-14(6-12)19(21(37)28-9-11-2-3-11)22(39-16)31-20(36)13-7-15(13)25/h8,10-13,15,23H,2-7,9H2,1H3,(H,28,37)(H,30,32)(H,31,36)/t12?,13-,15-/m0/s1. The molecular formula is C24H27F3N8O3S. The highest BCUT2D eigenvalue weighted by atomic mass is 32.1. The van der Waals surface area contributed by atoms with Gasteiger partial charge in [0.25, 0.3) is 5.91 Å². The van der Waals surface area contributed by atoms with E-state index < -0.39 is 24.6 Å². The summed E-state index contributed by atoms with van der Waals surface area (Å²) in [4.78, 5) is 26.9. The van der Waals surface area contributed by atoms with E-state index in [9.17, 15) is 22.8 Å². The molecule has 2 fully saturated rings. The number of anilines is 3. The van der Waals surface area contributed by atoms with Crippen LogP contribution in [0.4, 0.5) is 29.9 Å². The first kappa shape index (κ1) is 25.6. The molecule has 15 heteroatoms. The lowest BCUT2D eigenvalue weighted by Crippen LogP contribution is -2.29. The summed E-state index contributed by atoms with van der Waals surface area (Å²) in [6, 6.07) is 1.22. The van der Waals surface area contributed by atoms with Gasteiger partial charge >= 0.3 is 6.61 Å². The van der Waals surface area contributed by atoms with Gasteiger partial charge in [0.1, 0.15) is 23.3 Å². The van der Waals surface area contributed by atoms with Crippen LogP contribution in [0.2, 0.25) is 0 Å². The molecule has 3 aliphatic rings. The predicted octanol–water partition coefficient (Wildman–Crippen LogP) is 3.58. The van der Waals surface area contributed by atoms with Crippen LogP contribution < -0.4 is 20.7 Å². The van der Waals surface area contributed by atoms with Gasteiger partial charge in [-0.3, -0.25) is 14.2 Å². The van der Waals surface area contributed by atoms with Crippen molar-refractivity contribution in [1.82, 2.24) is 29.9 Å². The van der Waals surface area contributed by atoms with Crippen LogP contribution in [0.3, 0.4) is 0 Å². The lowest BCUT2D eigenvalue weighted by molar-refractivity contribution is -0.117. The first-order chi connectivity index (χ1) is 18.8. The molecule has 2 amide bonds. The van der Waals surface area contributed by atoms with Crippen LogP contribution in [0, 0.1) is 11.8 Å². The van der Waals surface area contributed by atoms with E-state index in [0.717, 1.165) is 29.7 Å². The Morgan fingerprint density at radius 3 is 2.79 bits per heavy atom. The summed E-state index contributed by atoms with van der Waals surface area (Å²) in [7, 11) is 1.58. The molecular weight excluding hydrogens is 537 g/mol. The van der Waals surface area contributed by atoms with Crippen LogP contribution in [0.5, 0.6) is 5.88 Å². The van der Waals surface area contributed by atoms with Crippen molar-refractivity contribution in [3.05, 3.63) is 28.4 Å². The molecule has 3 aromatic heterocycles. The molecule has 3 atom stereocenters. The fourth-order valence-corrected chi connectivity index (χ4v) is 6.08. The van der Waals surface area contributed by atoms with E-state index in [-0.39, 0.29) is 24.2 Å². The van der Waals surface area contributed by atoms with Crippen molar-refractivity contribution in [1.29, 1.82) is 0 Å². The number of halogens is 3. The minimum atomic E-state index is -2.99. The fraction of sp³-hybridized carbons (Fsp3) is 0.542.